The van der Waals surface area contributed by atoms with Crippen LogP contribution in [0.3, 0.4) is 0 Å². The summed E-state index contributed by atoms with van der Waals surface area (Å²) in [7, 11) is 0. The van der Waals surface area contributed by atoms with Gasteiger partial charge in [0.25, 0.3) is 28.9 Å². The molecule has 50 atom stereocenters. The molecule has 9 aliphatic rings. The summed E-state index contributed by atoms with van der Waals surface area (Å²) in [4.78, 5) is 147. The first kappa shape index (κ1) is 124. The minimum atomic E-state index is -3.99. The Labute approximate surface area is 833 Å². The summed E-state index contributed by atoms with van der Waals surface area (Å²) in [5, 5.41) is 388. The topological polar surface area (TPSA) is 1080 Å². The highest BCUT2D eigenvalue weighted by Gasteiger charge is 2.69. The second-order valence-corrected chi connectivity index (χ2v) is 36.8. The van der Waals surface area contributed by atoms with Crippen molar-refractivity contribution in [2.45, 2.75) is 378 Å². The molecule has 6 amide bonds. The number of aliphatic hydroxyl groups excluding tert-OH is 28. The second-order valence-electron chi connectivity index (χ2n) is 36.8. The van der Waals surface area contributed by atoms with E-state index in [0.29, 0.717) is 6.92 Å². The molecule has 39 N–H and O–H groups in total. The van der Waals surface area contributed by atoms with Crippen LogP contribution in [0.4, 0.5) is 0 Å². The van der Waals surface area contributed by atoms with Gasteiger partial charge in [-0.2, -0.15) is 0 Å². The normalized spacial score (nSPS) is 41.9. The van der Waals surface area contributed by atoms with Crippen LogP contribution in [0.25, 0.3) is 0 Å². The lowest BCUT2D eigenvalue weighted by molar-refractivity contribution is -0.406. The molecule has 9 aliphatic heterocycles. The summed E-state index contributed by atoms with van der Waals surface area (Å²) in [6, 6.07) is -13.0. The zero-order valence-corrected chi connectivity index (χ0v) is 79.1. The van der Waals surface area contributed by atoms with Crippen molar-refractivity contribution in [2.24, 2.45) is 0 Å². The summed E-state index contributed by atoms with van der Waals surface area (Å²) in [5.41, 5.74) is 0. The molecule has 9 saturated heterocycles. The minimum absolute atomic E-state index is 0.654. The number of hydrogen-bond donors (Lipinski definition) is 39. The SMILES string of the molecule is CC(=O)N[C@H]1[C@H](O[C@@H]2[C@H](O[C@]3(C(=O)O)C[C@H](O)[C@@H](NC(C)=O)[C@H]([C@H](O)[C@@H](CO)O[C@]4(C(=O)O)C[C@H](O)[C@@H](NC(C)=O)[C@H]([C@H](O)[C@H](O)CO)O4)O3)[C@@H](O)[C@H](O[C@H]3[C@H](O)[C@@H](O)[C@H](O)O[C@@H]3CO)O[C@@H]2CO)O[C@H](CO[C@]2(C(=O)O)C[C@H](O)[C@@H](NC(C)=O)[C@H]([C@H](O)[C@H](O)CO)O2)[C@H](O)[C@@H]1O[C@@H]1O[C@H](CO)[C@H](O)[C@H](O[C@]2(C(=O)O)C[C@H](O)[C@@H](NC(C)=O)[C@H]([C@H](O)[C@@H](CO)O[C@]3(C(=O)O)C[C@H](O)[C@@H](NC(C)=O)[C@H]([C@H](O)[C@H](O)CO)O3)O2)[C@H]1O. The predicted octanol–water partition coefficient (Wildman–Crippen LogP) is -23.7. The molecule has 67 nitrogen and oxygen atoms in total. The summed E-state index contributed by atoms with van der Waals surface area (Å²) >= 11 is 0. The predicted molar refractivity (Wildman–Crippen MR) is 453 cm³/mol. The van der Waals surface area contributed by atoms with Crippen LogP contribution in [-0.4, -0.2) is 597 Å². The average Bonchev–Trinajstić information content (AvgIpc) is 0.775. The van der Waals surface area contributed by atoms with Crippen molar-refractivity contribution in [1.29, 1.82) is 0 Å². The van der Waals surface area contributed by atoms with Gasteiger partial charge in [-0.15, -0.1) is 0 Å². The largest absolute Gasteiger partial charge is 0.477 e. The van der Waals surface area contributed by atoms with E-state index < -0.39 is 461 Å². The van der Waals surface area contributed by atoms with Crippen molar-refractivity contribution in [3.8, 4) is 0 Å². The number of nitrogens with one attached hydrogen (secondary N) is 6. The van der Waals surface area contributed by atoms with Gasteiger partial charge >= 0.3 is 29.8 Å². The molecule has 0 radical (unpaired) electrons. The van der Waals surface area contributed by atoms with Gasteiger partial charge in [0.2, 0.25) is 35.4 Å². The van der Waals surface area contributed by atoms with Gasteiger partial charge in [0.15, 0.2) is 25.2 Å². The zero-order chi connectivity index (χ0) is 111. The molecule has 0 aliphatic carbocycles. The van der Waals surface area contributed by atoms with Gasteiger partial charge in [-0.05, 0) is 0 Å². The maximum Gasteiger partial charge on any atom is 0.364 e. The van der Waals surface area contributed by atoms with Gasteiger partial charge < -0.3 is 281 Å². The summed E-state index contributed by atoms with van der Waals surface area (Å²) in [6.07, 6.45) is -109. The quantitative estimate of drug-likeness (QED) is 0.0269. The van der Waals surface area contributed by atoms with E-state index in [4.69, 9.17) is 80.5 Å². The Kier molecular flexibility index (Phi) is 43.2. The first-order chi connectivity index (χ1) is 69.2. The number of carboxylic acid groups (broad SMARTS) is 5. The van der Waals surface area contributed by atoms with Crippen LogP contribution in [0.15, 0.2) is 0 Å². The van der Waals surface area contributed by atoms with Crippen LogP contribution in [0.5, 0.6) is 0 Å². The Bertz CT molecular complexity index is 4450. The van der Waals surface area contributed by atoms with Crippen molar-refractivity contribution in [2.75, 3.05) is 59.5 Å². The van der Waals surface area contributed by atoms with Crippen molar-refractivity contribution in [3.63, 3.8) is 0 Å². The molecule has 9 heterocycles. The number of hydrogen-bond acceptors (Lipinski definition) is 56. The Hall–Kier alpha value is -7.63. The van der Waals surface area contributed by atoms with Crippen LogP contribution in [0.2, 0.25) is 0 Å². The van der Waals surface area contributed by atoms with E-state index in [1.165, 1.54) is 0 Å². The highest BCUT2D eigenvalue weighted by Crippen LogP contribution is 2.47. The molecule has 0 aromatic heterocycles. The van der Waals surface area contributed by atoms with Crippen molar-refractivity contribution in [3.05, 3.63) is 0 Å². The maximum atomic E-state index is 14.6. The Morgan fingerprint density at radius 1 is 0.291 bits per heavy atom. The number of ether oxygens (including phenoxy) is 17. The molecular weight excluding hydrogens is 2030 g/mol. The van der Waals surface area contributed by atoms with E-state index >= 15 is 0 Å². The fourth-order valence-electron chi connectivity index (χ4n) is 18.8. The number of rotatable bonds is 46. The minimum Gasteiger partial charge on any atom is -0.477 e. The second kappa shape index (κ2) is 51.6. The number of aliphatic carboxylic acids is 5. The lowest BCUT2D eigenvalue weighted by Crippen LogP contribution is -2.73. The van der Waals surface area contributed by atoms with Crippen LogP contribution >= 0.6 is 0 Å². The molecule has 0 saturated carbocycles. The van der Waals surface area contributed by atoms with Gasteiger partial charge in [0, 0.05) is 73.6 Å². The van der Waals surface area contributed by atoms with Crippen LogP contribution in [0.1, 0.15) is 73.6 Å². The third-order valence-corrected chi connectivity index (χ3v) is 26.1. The van der Waals surface area contributed by atoms with Gasteiger partial charge in [-0.25, -0.2) is 24.0 Å². The first-order valence-corrected chi connectivity index (χ1v) is 45.8. The molecule has 9 rings (SSSR count). The summed E-state index contributed by atoms with van der Waals surface area (Å²) < 4.78 is 100. The standard InChI is InChI=1S/C81H130N6O61/c1-21(96)82-41-27(102)7-77(72(122)123,142-61(41)47(110)32(107)12-88)132-20-40-53(116)60(139-70-56(119)66(50(113)35(15-91)134-70)147-80(75(128)129)10-30(105)44(85-24(4)99)64(145-80)51(114)36(16-92)140-78(73(124)125)8-28(103)42(83-22(2)97)62(143-78)48(111)33(108)13-89)46(87-26(6)101)69(136-40)138-59-39(19-95)135-71(137-58-38(18-94)133-68(121)55(118)54(58)117)57(120)67(59)148-81(76(130)131)11-31(106)45(86-25(5)100)65(146-81)52(115)37(17-93)141-79(74(126)127)9-29(104)43(84-23(3)98)63(144-79)49(112)34(109)14-90/h27-71,88-95,102-121H,7-20H2,1-6H3,(H,82,96)(H,83,97)(H,84,98)(H,85,99)(H,86,100)(H,87,101)(H,122,123)(H,124,125)(H,126,127)(H,128,129)(H,130,131)/t27-,28-,29-,30-,31-,32+,33+,34+,35+,36+,37+,38+,39+,40+,41+,42+,43+,44+,45+,46+,47+,48+,49+,50-,51+,52+,53-,54+,55+,56+,57+,58+,59-,60+,61+,62+,63+,64+,65+,66-,67+,68+,69-,70-,71-,77+,78+,79+,80-,81-/m0/s1. The maximum absolute atomic E-state index is 14.6. The summed E-state index contributed by atoms with van der Waals surface area (Å²) in [5.74, 6) is -37.2. The van der Waals surface area contributed by atoms with Gasteiger partial charge in [0.05, 0.1) is 120 Å². The molecule has 67 heteroatoms. The molecule has 0 unspecified atom stereocenters. The highest BCUT2D eigenvalue weighted by molar-refractivity contribution is 5.80. The average molecular weight is 2160 g/mol. The Morgan fingerprint density at radius 2 is 0.568 bits per heavy atom. The van der Waals surface area contributed by atoms with Crippen molar-refractivity contribution >= 4 is 65.3 Å². The molecule has 148 heavy (non-hydrogen) atoms. The van der Waals surface area contributed by atoms with Crippen LogP contribution < -0.4 is 31.9 Å². The molecule has 9 fully saturated rings. The molecule has 0 aromatic carbocycles. The van der Waals surface area contributed by atoms with Gasteiger partial charge in [0.1, 0.15) is 189 Å². The number of carbonyl (C=O) groups is 11. The van der Waals surface area contributed by atoms with E-state index in [2.05, 4.69) is 31.9 Å². The van der Waals surface area contributed by atoms with E-state index in [1.54, 1.807) is 0 Å². The number of aliphatic hydroxyl groups is 28. The third-order valence-electron chi connectivity index (χ3n) is 26.1. The third kappa shape index (κ3) is 27.1. The lowest BCUT2D eigenvalue weighted by atomic mass is 9.87. The fraction of sp³-hybridized carbons (Fsp3) is 0.864. The monoisotopic (exact) mass is 2160 g/mol. The first-order valence-electron chi connectivity index (χ1n) is 45.8. The van der Waals surface area contributed by atoms with Crippen molar-refractivity contribution < 1.29 is 302 Å². The number of carbonyl (C=O) groups excluding carboxylic acids is 6. The smallest absolute Gasteiger partial charge is 0.364 e. The van der Waals surface area contributed by atoms with E-state index in [9.17, 15) is 221 Å². The highest BCUT2D eigenvalue weighted by atomic mass is 16.8. The zero-order valence-electron chi connectivity index (χ0n) is 79.1. The number of amides is 6. The van der Waals surface area contributed by atoms with Crippen LogP contribution in [-0.2, 0) is 133 Å². The molecule has 0 spiro atoms. The van der Waals surface area contributed by atoms with Gasteiger partial charge in [-0.1, -0.05) is 0 Å². The van der Waals surface area contributed by atoms with E-state index in [-0.39, 0.29) is 0 Å². The Balaban J connectivity index is 1.19. The Morgan fingerprint density at radius 3 is 0.905 bits per heavy atom. The lowest BCUT2D eigenvalue weighted by Gasteiger charge is -2.53. The summed E-state index contributed by atoms with van der Waals surface area (Å²) in [6.45, 7) is -8.95. The number of carboxylic acids is 5. The van der Waals surface area contributed by atoms with E-state index in [1.807, 2.05) is 0 Å². The van der Waals surface area contributed by atoms with Crippen LogP contribution in [0, 0.1) is 0 Å². The molecular formula is C81H130N6O61. The molecule has 0 bridgehead atoms. The van der Waals surface area contributed by atoms with Gasteiger partial charge in [-0.3, -0.25) is 28.8 Å². The van der Waals surface area contributed by atoms with Crippen molar-refractivity contribution in [1.82, 2.24) is 31.9 Å². The molecule has 0 aromatic rings. The fourth-order valence-corrected chi connectivity index (χ4v) is 18.8. The van der Waals surface area contributed by atoms with E-state index in [0.717, 1.165) is 34.6 Å². The molecule has 850 valence electrons.